The van der Waals surface area contributed by atoms with Gasteiger partial charge in [0.15, 0.2) is 10.8 Å². The zero-order chi connectivity index (χ0) is 14.8. The number of aryl methyl sites for hydroxylation is 1. The highest BCUT2D eigenvalue weighted by Crippen LogP contribution is 2.28. The zero-order valence-electron chi connectivity index (χ0n) is 11.5. The second kappa shape index (κ2) is 5.52. The standard InChI is InChI=1S/C12H13N7OS/c1-3-13-11-18-9-8(14-5-15-9)10(19-11)21-12-16-6(2)4-7(20)17-12/h4-5H,3H2,1-2H3,(H,16,17,20)(H2,13,14,15,18,19). The maximum atomic E-state index is 11.5. The average molecular weight is 303 g/mol. The van der Waals surface area contributed by atoms with Crippen LogP contribution in [-0.4, -0.2) is 36.4 Å². The van der Waals surface area contributed by atoms with E-state index in [1.807, 2.05) is 6.92 Å². The molecule has 0 spiro atoms. The minimum Gasteiger partial charge on any atom is -0.354 e. The number of aromatic amines is 2. The normalized spacial score (nSPS) is 11.0. The molecule has 0 radical (unpaired) electrons. The van der Waals surface area contributed by atoms with Crippen molar-refractivity contribution >= 4 is 28.9 Å². The Hall–Kier alpha value is -2.42. The van der Waals surface area contributed by atoms with Gasteiger partial charge in [0.2, 0.25) is 5.95 Å². The van der Waals surface area contributed by atoms with Crippen LogP contribution in [0.4, 0.5) is 5.95 Å². The average Bonchev–Trinajstić information content (AvgIpc) is 2.86. The van der Waals surface area contributed by atoms with Gasteiger partial charge >= 0.3 is 0 Å². The summed E-state index contributed by atoms with van der Waals surface area (Å²) >= 11 is 1.26. The van der Waals surface area contributed by atoms with Gasteiger partial charge in [0.05, 0.1) is 6.33 Å². The van der Waals surface area contributed by atoms with Crippen molar-refractivity contribution in [2.75, 3.05) is 11.9 Å². The lowest BCUT2D eigenvalue weighted by atomic mass is 10.5. The largest absolute Gasteiger partial charge is 0.354 e. The molecule has 0 saturated carbocycles. The van der Waals surface area contributed by atoms with Crippen molar-refractivity contribution in [3.63, 3.8) is 0 Å². The van der Waals surface area contributed by atoms with Gasteiger partial charge < -0.3 is 15.3 Å². The Morgan fingerprint density at radius 3 is 2.95 bits per heavy atom. The zero-order valence-corrected chi connectivity index (χ0v) is 12.3. The van der Waals surface area contributed by atoms with E-state index >= 15 is 0 Å². The smallest absolute Gasteiger partial charge is 0.251 e. The first kappa shape index (κ1) is 13.6. The molecular weight excluding hydrogens is 290 g/mol. The van der Waals surface area contributed by atoms with E-state index in [1.165, 1.54) is 17.8 Å². The van der Waals surface area contributed by atoms with Crippen molar-refractivity contribution in [1.82, 2.24) is 29.9 Å². The van der Waals surface area contributed by atoms with Crippen LogP contribution in [-0.2, 0) is 0 Å². The fraction of sp³-hybridized carbons (Fsp3) is 0.250. The summed E-state index contributed by atoms with van der Waals surface area (Å²) in [6, 6.07) is 1.44. The van der Waals surface area contributed by atoms with Crippen molar-refractivity contribution in [2.24, 2.45) is 0 Å². The molecule has 3 heterocycles. The number of nitrogens with one attached hydrogen (secondary N) is 3. The van der Waals surface area contributed by atoms with E-state index in [0.29, 0.717) is 39.5 Å². The third-order valence-electron chi connectivity index (χ3n) is 2.63. The molecule has 21 heavy (non-hydrogen) atoms. The van der Waals surface area contributed by atoms with Gasteiger partial charge in [0, 0.05) is 18.3 Å². The SMILES string of the molecule is CCNc1nc(Sc2nc(C)cc(=O)[nH]2)c2[nH]cnc2n1. The number of rotatable bonds is 4. The molecule has 3 aromatic rings. The van der Waals surface area contributed by atoms with Crippen LogP contribution in [0.1, 0.15) is 12.6 Å². The molecule has 0 aromatic carbocycles. The second-order valence-corrected chi connectivity index (χ2v) is 5.26. The molecule has 0 saturated heterocycles. The van der Waals surface area contributed by atoms with Gasteiger partial charge in [-0.1, -0.05) is 0 Å². The minimum absolute atomic E-state index is 0.188. The number of hydrogen-bond acceptors (Lipinski definition) is 7. The summed E-state index contributed by atoms with van der Waals surface area (Å²) in [4.78, 5) is 34.4. The molecule has 0 unspecified atom stereocenters. The van der Waals surface area contributed by atoms with E-state index in [1.54, 1.807) is 13.3 Å². The lowest BCUT2D eigenvalue weighted by molar-refractivity contribution is 0.902. The highest BCUT2D eigenvalue weighted by Gasteiger charge is 2.12. The molecule has 3 N–H and O–H groups in total. The summed E-state index contributed by atoms with van der Waals surface area (Å²) in [6.45, 7) is 4.44. The van der Waals surface area contributed by atoms with Crippen molar-refractivity contribution in [2.45, 2.75) is 24.0 Å². The van der Waals surface area contributed by atoms with Crippen molar-refractivity contribution < 1.29 is 0 Å². The monoisotopic (exact) mass is 303 g/mol. The summed E-state index contributed by atoms with van der Waals surface area (Å²) in [5.41, 5.74) is 1.75. The van der Waals surface area contributed by atoms with E-state index in [4.69, 9.17) is 0 Å². The summed E-state index contributed by atoms with van der Waals surface area (Å²) in [5.74, 6) is 0.495. The first-order chi connectivity index (χ1) is 10.2. The predicted molar refractivity (Wildman–Crippen MR) is 79.6 cm³/mol. The molecule has 108 valence electrons. The van der Waals surface area contributed by atoms with Crippen LogP contribution in [0.15, 0.2) is 27.4 Å². The number of aromatic nitrogens is 6. The quantitative estimate of drug-likeness (QED) is 0.492. The Morgan fingerprint density at radius 1 is 1.33 bits per heavy atom. The second-order valence-electron chi connectivity index (χ2n) is 4.28. The first-order valence-electron chi connectivity index (χ1n) is 6.36. The number of hydrogen-bond donors (Lipinski definition) is 3. The van der Waals surface area contributed by atoms with Crippen LogP contribution in [0.5, 0.6) is 0 Å². The van der Waals surface area contributed by atoms with Crippen molar-refractivity contribution in [3.05, 3.63) is 28.4 Å². The van der Waals surface area contributed by atoms with Gasteiger partial charge in [0.25, 0.3) is 5.56 Å². The van der Waals surface area contributed by atoms with Crippen LogP contribution in [0, 0.1) is 6.92 Å². The molecule has 0 fully saturated rings. The summed E-state index contributed by atoms with van der Waals surface area (Å²) in [6.07, 6.45) is 1.56. The van der Waals surface area contributed by atoms with Gasteiger partial charge in [-0.3, -0.25) is 4.79 Å². The summed E-state index contributed by atoms with van der Waals surface area (Å²) in [5, 5.41) is 4.19. The van der Waals surface area contributed by atoms with Crippen LogP contribution >= 0.6 is 11.8 Å². The fourth-order valence-corrected chi connectivity index (χ4v) is 2.72. The van der Waals surface area contributed by atoms with E-state index in [0.717, 1.165) is 0 Å². The van der Waals surface area contributed by atoms with E-state index in [9.17, 15) is 4.79 Å². The maximum Gasteiger partial charge on any atom is 0.251 e. The van der Waals surface area contributed by atoms with Crippen LogP contribution in [0.25, 0.3) is 11.2 Å². The fourth-order valence-electron chi connectivity index (χ4n) is 1.81. The van der Waals surface area contributed by atoms with E-state index < -0.39 is 0 Å². The number of fused-ring (bicyclic) bond motifs is 1. The highest BCUT2D eigenvalue weighted by molar-refractivity contribution is 7.99. The van der Waals surface area contributed by atoms with Gasteiger partial charge in [-0.05, 0) is 25.6 Å². The molecule has 3 aromatic heterocycles. The van der Waals surface area contributed by atoms with Crippen LogP contribution in [0.3, 0.4) is 0 Å². The molecule has 0 bridgehead atoms. The number of imidazole rings is 1. The predicted octanol–water partition coefficient (Wildman–Crippen LogP) is 1.33. The molecular formula is C12H13N7OS. The Labute approximate surface area is 123 Å². The topological polar surface area (TPSA) is 112 Å². The van der Waals surface area contributed by atoms with E-state index in [2.05, 4.69) is 35.2 Å². The number of anilines is 1. The number of nitrogens with zero attached hydrogens (tertiary/aromatic N) is 4. The third kappa shape index (κ3) is 2.87. The van der Waals surface area contributed by atoms with Crippen LogP contribution < -0.4 is 10.9 Å². The van der Waals surface area contributed by atoms with Gasteiger partial charge in [-0.25, -0.2) is 15.0 Å². The molecule has 8 nitrogen and oxygen atoms in total. The Bertz CT molecular complexity index is 841. The Balaban J connectivity index is 2.06. The molecule has 0 aliphatic heterocycles. The van der Waals surface area contributed by atoms with Gasteiger partial charge in [-0.2, -0.15) is 4.98 Å². The first-order valence-corrected chi connectivity index (χ1v) is 7.18. The van der Waals surface area contributed by atoms with E-state index in [-0.39, 0.29) is 5.56 Å². The Kier molecular flexibility index (Phi) is 3.57. The van der Waals surface area contributed by atoms with Gasteiger partial charge in [-0.15, -0.1) is 0 Å². The minimum atomic E-state index is -0.188. The lowest BCUT2D eigenvalue weighted by Gasteiger charge is -2.05. The third-order valence-corrected chi connectivity index (χ3v) is 3.50. The molecule has 0 aliphatic carbocycles. The van der Waals surface area contributed by atoms with Crippen LogP contribution in [0.2, 0.25) is 0 Å². The molecule has 0 amide bonds. The highest BCUT2D eigenvalue weighted by atomic mass is 32.2. The van der Waals surface area contributed by atoms with Gasteiger partial charge in [0.1, 0.15) is 10.5 Å². The number of H-pyrrole nitrogens is 2. The van der Waals surface area contributed by atoms with Crippen molar-refractivity contribution in [3.8, 4) is 0 Å². The molecule has 0 aliphatic rings. The molecule has 0 atom stereocenters. The summed E-state index contributed by atoms with van der Waals surface area (Å²) < 4.78 is 0. The van der Waals surface area contributed by atoms with Crippen molar-refractivity contribution in [1.29, 1.82) is 0 Å². The maximum absolute atomic E-state index is 11.5. The lowest BCUT2D eigenvalue weighted by Crippen LogP contribution is -2.08. The molecule has 3 rings (SSSR count). The summed E-state index contributed by atoms with van der Waals surface area (Å²) in [7, 11) is 0. The Morgan fingerprint density at radius 2 is 2.19 bits per heavy atom. The molecule has 9 heteroatoms.